The Labute approximate surface area is 105 Å². The van der Waals surface area contributed by atoms with E-state index in [-0.39, 0.29) is 4.90 Å². The van der Waals surface area contributed by atoms with Crippen LogP contribution in [0.25, 0.3) is 0 Å². The van der Waals surface area contributed by atoms with Crippen LogP contribution in [0.3, 0.4) is 0 Å². The van der Waals surface area contributed by atoms with E-state index >= 15 is 0 Å². The largest absolute Gasteiger partial charge is 0.316 e. The molecule has 2 aliphatic heterocycles. The fourth-order valence-electron chi connectivity index (χ4n) is 2.69. The number of hydrogen-bond donors (Lipinski definition) is 1. The number of hydrogen-bond acceptors (Lipinski definition) is 4. The summed E-state index contributed by atoms with van der Waals surface area (Å²) in [5.74, 6) is 0.125. The first kappa shape index (κ1) is 12.0. The molecule has 3 heterocycles. The number of sulfonamides is 1. The summed E-state index contributed by atoms with van der Waals surface area (Å²) >= 11 is 0. The molecule has 18 heavy (non-hydrogen) atoms. The molecule has 0 amide bonds. The van der Waals surface area contributed by atoms with E-state index in [2.05, 4.69) is 10.3 Å². The summed E-state index contributed by atoms with van der Waals surface area (Å²) in [6, 6.07) is 1.02. The van der Waals surface area contributed by atoms with Crippen LogP contribution >= 0.6 is 0 Å². The van der Waals surface area contributed by atoms with Crippen LogP contribution in [0.5, 0.6) is 0 Å². The van der Waals surface area contributed by atoms with Crippen molar-refractivity contribution in [2.75, 3.05) is 26.2 Å². The highest BCUT2D eigenvalue weighted by Gasteiger charge is 2.41. The van der Waals surface area contributed by atoms with Crippen LogP contribution in [-0.4, -0.2) is 43.9 Å². The normalized spacial score (nSPS) is 28.5. The predicted molar refractivity (Wildman–Crippen MR) is 62.8 cm³/mol. The van der Waals surface area contributed by atoms with Crippen molar-refractivity contribution in [3.05, 3.63) is 24.3 Å². The van der Waals surface area contributed by atoms with Crippen molar-refractivity contribution in [2.45, 2.75) is 4.90 Å². The summed E-state index contributed by atoms with van der Waals surface area (Å²) in [4.78, 5) is 3.54. The molecule has 0 saturated carbocycles. The number of aromatic nitrogens is 1. The lowest BCUT2D eigenvalue weighted by Gasteiger charge is -2.17. The number of nitrogens with one attached hydrogen (secondary N) is 1. The van der Waals surface area contributed by atoms with Gasteiger partial charge in [-0.2, -0.15) is 4.31 Å². The lowest BCUT2D eigenvalue weighted by Crippen LogP contribution is -2.32. The van der Waals surface area contributed by atoms with Gasteiger partial charge in [0.1, 0.15) is 10.7 Å². The van der Waals surface area contributed by atoms with Crippen LogP contribution in [0, 0.1) is 17.7 Å². The fraction of sp³-hybridized carbons (Fsp3) is 0.545. The Kier molecular flexibility index (Phi) is 2.84. The molecule has 0 aromatic carbocycles. The van der Waals surface area contributed by atoms with Gasteiger partial charge in [0.05, 0.1) is 6.20 Å². The Balaban J connectivity index is 1.87. The van der Waals surface area contributed by atoms with Crippen LogP contribution < -0.4 is 5.32 Å². The Hall–Kier alpha value is -1.05. The van der Waals surface area contributed by atoms with Crippen molar-refractivity contribution in [1.82, 2.24) is 14.6 Å². The Morgan fingerprint density at radius 1 is 1.28 bits per heavy atom. The smallest absolute Gasteiger partial charge is 0.244 e. The van der Waals surface area contributed by atoms with Crippen LogP contribution in [-0.2, 0) is 10.0 Å². The van der Waals surface area contributed by atoms with Gasteiger partial charge < -0.3 is 5.32 Å². The number of rotatable bonds is 2. The molecule has 3 rings (SSSR count). The molecule has 1 N–H and O–H groups in total. The molecular formula is C11H14FN3O2S. The first-order valence-electron chi connectivity index (χ1n) is 5.89. The van der Waals surface area contributed by atoms with Crippen LogP contribution in [0.1, 0.15) is 0 Å². The van der Waals surface area contributed by atoms with Gasteiger partial charge in [-0.1, -0.05) is 0 Å². The standard InChI is InChI=1S/C11H14FN3O2S/c12-10-1-11(5-14-4-10)18(16,17)15-6-8-2-13-3-9(8)7-15/h1,4-5,8-9,13H,2-3,6-7H2/t8-,9+. The summed E-state index contributed by atoms with van der Waals surface area (Å²) in [6.45, 7) is 2.74. The summed E-state index contributed by atoms with van der Waals surface area (Å²) in [6.07, 6.45) is 2.20. The van der Waals surface area contributed by atoms with Gasteiger partial charge in [0.25, 0.3) is 0 Å². The highest BCUT2D eigenvalue weighted by Crippen LogP contribution is 2.30. The Bertz CT molecular complexity index is 551. The topological polar surface area (TPSA) is 62.3 Å². The Morgan fingerprint density at radius 2 is 1.94 bits per heavy atom. The SMILES string of the molecule is O=S(=O)(c1cncc(F)c1)N1C[C@H]2CNC[C@H]2C1. The minimum absolute atomic E-state index is 0.0598. The zero-order valence-corrected chi connectivity index (χ0v) is 10.5. The summed E-state index contributed by atoms with van der Waals surface area (Å²) < 4.78 is 39.1. The monoisotopic (exact) mass is 271 g/mol. The molecular weight excluding hydrogens is 257 g/mol. The molecule has 1 aromatic rings. The maximum Gasteiger partial charge on any atom is 0.244 e. The van der Waals surface area contributed by atoms with Gasteiger partial charge >= 0.3 is 0 Å². The van der Waals surface area contributed by atoms with Crippen LogP contribution in [0.2, 0.25) is 0 Å². The third-order valence-electron chi connectivity index (χ3n) is 3.67. The molecule has 98 valence electrons. The van der Waals surface area contributed by atoms with Crippen LogP contribution in [0.4, 0.5) is 4.39 Å². The van der Waals surface area contributed by atoms with Crippen LogP contribution in [0.15, 0.2) is 23.4 Å². The summed E-state index contributed by atoms with van der Waals surface area (Å²) in [5.41, 5.74) is 0. The van der Waals surface area contributed by atoms with Crippen molar-refractivity contribution >= 4 is 10.0 Å². The highest BCUT2D eigenvalue weighted by molar-refractivity contribution is 7.89. The molecule has 2 saturated heterocycles. The van der Waals surface area contributed by atoms with E-state index in [4.69, 9.17) is 0 Å². The molecule has 5 nitrogen and oxygen atoms in total. The van der Waals surface area contributed by atoms with Gasteiger partial charge in [0, 0.05) is 19.3 Å². The van der Waals surface area contributed by atoms with E-state index in [1.807, 2.05) is 0 Å². The molecule has 0 radical (unpaired) electrons. The van der Waals surface area contributed by atoms with Gasteiger partial charge in [-0.15, -0.1) is 0 Å². The second-order valence-electron chi connectivity index (χ2n) is 4.84. The zero-order chi connectivity index (χ0) is 12.8. The highest BCUT2D eigenvalue weighted by atomic mass is 32.2. The molecule has 0 aliphatic carbocycles. The van der Waals surface area contributed by atoms with Crippen molar-refractivity contribution in [1.29, 1.82) is 0 Å². The van der Waals surface area contributed by atoms with E-state index in [1.165, 1.54) is 10.5 Å². The first-order chi connectivity index (χ1) is 8.57. The molecule has 0 unspecified atom stereocenters. The van der Waals surface area contributed by atoms with E-state index in [0.29, 0.717) is 24.9 Å². The molecule has 0 bridgehead atoms. The lowest BCUT2D eigenvalue weighted by atomic mass is 10.0. The van der Waals surface area contributed by atoms with Crippen molar-refractivity contribution in [3.63, 3.8) is 0 Å². The maximum atomic E-state index is 13.1. The van der Waals surface area contributed by atoms with E-state index in [0.717, 1.165) is 25.4 Å². The summed E-state index contributed by atoms with van der Waals surface area (Å²) in [7, 11) is -3.60. The van der Waals surface area contributed by atoms with E-state index in [1.54, 1.807) is 0 Å². The third-order valence-corrected chi connectivity index (χ3v) is 5.47. The van der Waals surface area contributed by atoms with E-state index < -0.39 is 15.8 Å². The van der Waals surface area contributed by atoms with Gasteiger partial charge in [0.2, 0.25) is 10.0 Å². The minimum Gasteiger partial charge on any atom is -0.316 e. The van der Waals surface area contributed by atoms with Gasteiger partial charge in [-0.25, -0.2) is 12.8 Å². The molecule has 0 spiro atoms. The molecule has 2 atom stereocenters. The number of halogens is 1. The second kappa shape index (κ2) is 4.25. The van der Waals surface area contributed by atoms with Gasteiger partial charge in [-0.05, 0) is 31.0 Å². The molecule has 1 aromatic heterocycles. The van der Waals surface area contributed by atoms with Gasteiger partial charge in [-0.3, -0.25) is 4.98 Å². The number of pyridine rings is 1. The first-order valence-corrected chi connectivity index (χ1v) is 7.33. The fourth-order valence-corrected chi connectivity index (χ4v) is 4.22. The zero-order valence-electron chi connectivity index (χ0n) is 9.71. The average Bonchev–Trinajstić information content (AvgIpc) is 2.89. The molecule has 7 heteroatoms. The minimum atomic E-state index is -3.60. The second-order valence-corrected chi connectivity index (χ2v) is 6.78. The van der Waals surface area contributed by atoms with Crippen molar-refractivity contribution in [2.24, 2.45) is 11.8 Å². The predicted octanol–water partition coefficient (Wildman–Crippen LogP) is 0.0606. The Morgan fingerprint density at radius 3 is 2.56 bits per heavy atom. The number of nitrogens with zero attached hydrogens (tertiary/aromatic N) is 2. The van der Waals surface area contributed by atoms with Crippen molar-refractivity contribution in [3.8, 4) is 0 Å². The third kappa shape index (κ3) is 1.92. The van der Waals surface area contributed by atoms with Crippen molar-refractivity contribution < 1.29 is 12.8 Å². The maximum absolute atomic E-state index is 13.1. The average molecular weight is 271 g/mol. The van der Waals surface area contributed by atoms with Gasteiger partial charge in [0.15, 0.2) is 0 Å². The van der Waals surface area contributed by atoms with E-state index in [9.17, 15) is 12.8 Å². The lowest BCUT2D eigenvalue weighted by molar-refractivity contribution is 0.447. The molecule has 2 fully saturated rings. The number of fused-ring (bicyclic) bond motifs is 1. The quantitative estimate of drug-likeness (QED) is 0.826. The molecule has 2 aliphatic rings. The summed E-state index contributed by atoms with van der Waals surface area (Å²) in [5, 5.41) is 3.25.